The fraction of sp³-hybridized carbons (Fsp3) is 0.273. The maximum atomic E-state index is 9.73. The summed E-state index contributed by atoms with van der Waals surface area (Å²) in [6.45, 7) is 3.02. The van der Waals surface area contributed by atoms with Crippen molar-refractivity contribution in [2.75, 3.05) is 6.61 Å². The molecule has 0 saturated carbocycles. The Bertz CT molecular complexity index is 284. The highest BCUT2D eigenvalue weighted by Gasteiger charge is 2.26. The van der Waals surface area contributed by atoms with E-state index in [4.69, 9.17) is 9.84 Å². The minimum Gasteiger partial charge on any atom is -0.460 e. The van der Waals surface area contributed by atoms with Crippen LogP contribution in [0, 0.1) is 0 Å². The normalized spacial score (nSPS) is 14.4. The molecule has 0 aliphatic carbocycles. The Morgan fingerprint density at radius 1 is 1.36 bits per heavy atom. The molecule has 0 aromatic heterocycles. The highest BCUT2D eigenvalue weighted by molar-refractivity contribution is 5.21. The Balaban J connectivity index is 2.70. The second-order valence-corrected chi connectivity index (χ2v) is 3.01. The van der Waals surface area contributed by atoms with Crippen molar-refractivity contribution in [3.63, 3.8) is 0 Å². The van der Waals surface area contributed by atoms with E-state index < -0.39 is 12.4 Å². The average Bonchev–Trinajstić information content (AvgIpc) is 2.20. The van der Waals surface area contributed by atoms with Gasteiger partial charge in [-0.05, 0) is 12.1 Å². The van der Waals surface area contributed by atoms with Gasteiger partial charge in [0.15, 0.2) is 0 Å². The molecule has 0 fully saturated rings. The van der Waals surface area contributed by atoms with E-state index in [2.05, 4.69) is 6.58 Å². The first-order valence-corrected chi connectivity index (χ1v) is 4.38. The number of rotatable bonds is 5. The van der Waals surface area contributed by atoms with Crippen LogP contribution in [-0.2, 0) is 0 Å². The molecule has 1 unspecified atom stereocenters. The summed E-state index contributed by atoms with van der Waals surface area (Å²) in [7, 11) is 0. The topological polar surface area (TPSA) is 49.7 Å². The zero-order valence-corrected chi connectivity index (χ0v) is 7.89. The zero-order valence-electron chi connectivity index (χ0n) is 7.89. The largest absolute Gasteiger partial charge is 0.460 e. The standard InChI is InChI=1S/C11H14O3/c1-2-8-11(13,9-12)14-10-6-4-3-5-7-10/h2-7,12-13H,1,8-9H2. The summed E-state index contributed by atoms with van der Waals surface area (Å²) in [6.07, 6.45) is 1.68. The maximum absolute atomic E-state index is 9.73. The van der Waals surface area contributed by atoms with E-state index in [1.54, 1.807) is 24.3 Å². The quantitative estimate of drug-likeness (QED) is 0.549. The van der Waals surface area contributed by atoms with Gasteiger partial charge in [0, 0.05) is 6.42 Å². The minimum atomic E-state index is -1.57. The second kappa shape index (κ2) is 4.79. The third-order valence-corrected chi connectivity index (χ3v) is 1.76. The molecule has 0 amide bonds. The molecule has 0 spiro atoms. The van der Waals surface area contributed by atoms with Gasteiger partial charge in [0.05, 0.1) is 0 Å². The number of ether oxygens (including phenoxy) is 1. The monoisotopic (exact) mass is 194 g/mol. The minimum absolute atomic E-state index is 0.179. The summed E-state index contributed by atoms with van der Waals surface area (Å²) in [5, 5.41) is 18.7. The lowest BCUT2D eigenvalue weighted by molar-refractivity contribution is -0.162. The summed E-state index contributed by atoms with van der Waals surface area (Å²) in [4.78, 5) is 0. The first-order chi connectivity index (χ1) is 6.70. The van der Waals surface area contributed by atoms with Crippen molar-refractivity contribution in [2.24, 2.45) is 0 Å². The van der Waals surface area contributed by atoms with Gasteiger partial charge in [0.1, 0.15) is 12.4 Å². The molecule has 1 atom stereocenters. The van der Waals surface area contributed by atoms with E-state index in [-0.39, 0.29) is 6.42 Å². The lowest BCUT2D eigenvalue weighted by Crippen LogP contribution is -2.39. The van der Waals surface area contributed by atoms with Crippen molar-refractivity contribution >= 4 is 0 Å². The molecular weight excluding hydrogens is 180 g/mol. The first-order valence-electron chi connectivity index (χ1n) is 4.38. The molecule has 0 heterocycles. The van der Waals surface area contributed by atoms with Crippen LogP contribution >= 0.6 is 0 Å². The molecule has 3 nitrogen and oxygen atoms in total. The Labute approximate surface area is 83.3 Å². The van der Waals surface area contributed by atoms with Gasteiger partial charge in [0.2, 0.25) is 5.79 Å². The van der Waals surface area contributed by atoms with Crippen LogP contribution in [0.3, 0.4) is 0 Å². The number of para-hydroxylation sites is 1. The summed E-state index contributed by atoms with van der Waals surface area (Å²) in [5.74, 6) is -1.05. The third kappa shape index (κ3) is 2.87. The highest BCUT2D eigenvalue weighted by atomic mass is 16.6. The number of aliphatic hydroxyl groups excluding tert-OH is 1. The summed E-state index contributed by atoms with van der Waals surface area (Å²) >= 11 is 0. The second-order valence-electron chi connectivity index (χ2n) is 3.01. The molecule has 1 aromatic rings. The molecular formula is C11H14O3. The van der Waals surface area contributed by atoms with Crippen LogP contribution < -0.4 is 4.74 Å². The van der Waals surface area contributed by atoms with E-state index in [0.717, 1.165) is 0 Å². The molecule has 0 aliphatic rings. The Morgan fingerprint density at radius 3 is 2.50 bits per heavy atom. The number of aliphatic hydroxyl groups is 2. The molecule has 0 radical (unpaired) electrons. The lowest BCUT2D eigenvalue weighted by Gasteiger charge is -2.25. The predicted molar refractivity (Wildman–Crippen MR) is 53.9 cm³/mol. The fourth-order valence-electron chi connectivity index (χ4n) is 1.07. The van der Waals surface area contributed by atoms with Gasteiger partial charge in [-0.15, -0.1) is 6.58 Å². The van der Waals surface area contributed by atoms with Crippen LogP contribution in [0.5, 0.6) is 5.75 Å². The van der Waals surface area contributed by atoms with E-state index in [9.17, 15) is 5.11 Å². The maximum Gasteiger partial charge on any atom is 0.234 e. The average molecular weight is 194 g/mol. The van der Waals surface area contributed by atoms with Crippen LogP contribution in [0.1, 0.15) is 6.42 Å². The molecule has 1 aromatic carbocycles. The van der Waals surface area contributed by atoms with Crippen LogP contribution in [0.15, 0.2) is 43.0 Å². The Hall–Kier alpha value is -1.32. The van der Waals surface area contributed by atoms with Crippen molar-refractivity contribution < 1.29 is 14.9 Å². The van der Waals surface area contributed by atoms with Gasteiger partial charge < -0.3 is 14.9 Å². The number of hydrogen-bond donors (Lipinski definition) is 2. The van der Waals surface area contributed by atoms with Gasteiger partial charge in [-0.1, -0.05) is 24.3 Å². The van der Waals surface area contributed by atoms with Gasteiger partial charge in [-0.25, -0.2) is 0 Å². The van der Waals surface area contributed by atoms with E-state index >= 15 is 0 Å². The lowest BCUT2D eigenvalue weighted by atomic mass is 10.2. The summed E-state index contributed by atoms with van der Waals surface area (Å²) in [5.41, 5.74) is 0. The van der Waals surface area contributed by atoms with Gasteiger partial charge >= 0.3 is 0 Å². The van der Waals surface area contributed by atoms with E-state index in [1.165, 1.54) is 6.08 Å². The highest BCUT2D eigenvalue weighted by Crippen LogP contribution is 2.18. The van der Waals surface area contributed by atoms with Crippen molar-refractivity contribution in [2.45, 2.75) is 12.2 Å². The molecule has 0 aliphatic heterocycles. The molecule has 1 rings (SSSR count). The zero-order chi connectivity index (χ0) is 10.4. The van der Waals surface area contributed by atoms with E-state index in [0.29, 0.717) is 5.75 Å². The molecule has 14 heavy (non-hydrogen) atoms. The summed E-state index contributed by atoms with van der Waals surface area (Å²) < 4.78 is 5.23. The Kier molecular flexibility index (Phi) is 3.68. The first kappa shape index (κ1) is 10.8. The SMILES string of the molecule is C=CCC(O)(CO)Oc1ccccc1. The van der Waals surface area contributed by atoms with Gasteiger partial charge in [-0.3, -0.25) is 0 Å². The fourth-order valence-corrected chi connectivity index (χ4v) is 1.07. The van der Waals surface area contributed by atoms with Gasteiger partial charge in [0.25, 0.3) is 0 Å². The van der Waals surface area contributed by atoms with Crippen LogP contribution in [0.2, 0.25) is 0 Å². The number of hydrogen-bond acceptors (Lipinski definition) is 3. The third-order valence-electron chi connectivity index (χ3n) is 1.76. The number of benzene rings is 1. The predicted octanol–water partition coefficient (Wildman–Crippen LogP) is 1.32. The van der Waals surface area contributed by atoms with Crippen molar-refractivity contribution in [1.29, 1.82) is 0 Å². The molecule has 3 heteroatoms. The van der Waals surface area contributed by atoms with Crippen LogP contribution in [0.4, 0.5) is 0 Å². The van der Waals surface area contributed by atoms with Crippen molar-refractivity contribution in [1.82, 2.24) is 0 Å². The van der Waals surface area contributed by atoms with Crippen molar-refractivity contribution in [3.8, 4) is 5.75 Å². The van der Waals surface area contributed by atoms with Crippen LogP contribution in [0.25, 0.3) is 0 Å². The Morgan fingerprint density at radius 2 is 2.00 bits per heavy atom. The summed E-state index contributed by atoms with van der Waals surface area (Å²) in [6, 6.07) is 8.86. The smallest absolute Gasteiger partial charge is 0.234 e. The molecule has 0 saturated heterocycles. The molecule has 0 bridgehead atoms. The molecule has 2 N–H and O–H groups in total. The van der Waals surface area contributed by atoms with E-state index in [1.807, 2.05) is 6.07 Å². The molecule has 76 valence electrons. The van der Waals surface area contributed by atoms with Crippen LogP contribution in [-0.4, -0.2) is 22.6 Å². The van der Waals surface area contributed by atoms with Gasteiger partial charge in [-0.2, -0.15) is 0 Å². The van der Waals surface area contributed by atoms with Crippen molar-refractivity contribution in [3.05, 3.63) is 43.0 Å².